The molecule has 1 atom stereocenters. The highest BCUT2D eigenvalue weighted by Crippen LogP contribution is 2.20. The summed E-state index contributed by atoms with van der Waals surface area (Å²) in [6, 6.07) is 6.43. The van der Waals surface area contributed by atoms with Crippen molar-refractivity contribution in [2.45, 2.75) is 26.5 Å². The molecule has 1 unspecified atom stereocenters. The fourth-order valence-corrected chi connectivity index (χ4v) is 3.17. The molecule has 1 aliphatic heterocycles. The Hall–Kier alpha value is -1.76. The Morgan fingerprint density at radius 1 is 1.17 bits per heavy atom. The first-order chi connectivity index (χ1) is 11.5. The Morgan fingerprint density at radius 3 is 2.46 bits per heavy atom. The third-order valence-electron chi connectivity index (χ3n) is 4.72. The van der Waals surface area contributed by atoms with Gasteiger partial charge in [-0.15, -0.1) is 0 Å². The number of nitrogens with zero attached hydrogens (tertiary/aromatic N) is 3. The van der Waals surface area contributed by atoms with Gasteiger partial charge in [0.15, 0.2) is 0 Å². The number of hydrogen-bond acceptors (Lipinski definition) is 5. The molecule has 0 amide bonds. The van der Waals surface area contributed by atoms with Crippen LogP contribution < -0.4 is 0 Å². The second kappa shape index (κ2) is 7.42. The van der Waals surface area contributed by atoms with Crippen LogP contribution in [0.3, 0.4) is 0 Å². The van der Waals surface area contributed by atoms with Crippen molar-refractivity contribution in [2.75, 3.05) is 32.7 Å². The van der Waals surface area contributed by atoms with Gasteiger partial charge in [-0.1, -0.05) is 23.4 Å². The number of hydrogen-bond donors (Lipinski definition) is 1. The van der Waals surface area contributed by atoms with Gasteiger partial charge in [0.25, 0.3) is 0 Å². The zero-order chi connectivity index (χ0) is 17.1. The van der Waals surface area contributed by atoms with E-state index in [4.69, 9.17) is 4.52 Å². The highest BCUT2D eigenvalue weighted by molar-refractivity contribution is 5.21. The third-order valence-corrected chi connectivity index (χ3v) is 4.72. The lowest BCUT2D eigenvalue weighted by Gasteiger charge is -2.35. The number of halogens is 1. The van der Waals surface area contributed by atoms with Gasteiger partial charge >= 0.3 is 0 Å². The van der Waals surface area contributed by atoms with Crippen LogP contribution in [0.5, 0.6) is 0 Å². The lowest BCUT2D eigenvalue weighted by atomic mass is 10.1. The van der Waals surface area contributed by atoms with Gasteiger partial charge in [-0.3, -0.25) is 9.80 Å². The number of aliphatic hydroxyl groups excluding tert-OH is 1. The molecular formula is C18H24FN3O2. The Labute approximate surface area is 141 Å². The molecule has 130 valence electrons. The van der Waals surface area contributed by atoms with Crippen LogP contribution in [0, 0.1) is 19.7 Å². The number of aliphatic hydroxyl groups is 1. The van der Waals surface area contributed by atoms with Crippen LogP contribution in [0.1, 0.15) is 28.7 Å². The lowest BCUT2D eigenvalue weighted by Crippen LogP contribution is -2.47. The SMILES string of the molecule is Cc1noc(C)c1CN1CCN(CC(O)c2ccccc2F)CC1. The van der Waals surface area contributed by atoms with Crippen molar-refractivity contribution >= 4 is 0 Å². The van der Waals surface area contributed by atoms with E-state index >= 15 is 0 Å². The summed E-state index contributed by atoms with van der Waals surface area (Å²) in [6.07, 6.45) is -0.791. The quantitative estimate of drug-likeness (QED) is 0.910. The molecule has 1 saturated heterocycles. The number of β-amino-alcohol motifs (C(OH)–C–C–N with tert-alkyl or cyclic N) is 1. The van der Waals surface area contributed by atoms with E-state index in [9.17, 15) is 9.50 Å². The van der Waals surface area contributed by atoms with E-state index in [1.807, 2.05) is 13.8 Å². The Kier molecular flexibility index (Phi) is 5.28. The standard InChI is InChI=1S/C18H24FN3O2/c1-13-16(14(2)24-20-13)11-21-7-9-22(10-8-21)12-18(23)15-5-3-4-6-17(15)19/h3-6,18,23H,7-12H2,1-2H3. The van der Waals surface area contributed by atoms with Gasteiger partial charge in [-0.2, -0.15) is 0 Å². The van der Waals surface area contributed by atoms with Crippen LogP contribution in [-0.4, -0.2) is 52.8 Å². The number of aryl methyl sites for hydroxylation is 2. The van der Waals surface area contributed by atoms with E-state index < -0.39 is 6.10 Å². The molecule has 2 heterocycles. The minimum atomic E-state index is -0.791. The van der Waals surface area contributed by atoms with Gasteiger partial charge < -0.3 is 9.63 Å². The van der Waals surface area contributed by atoms with Crippen molar-refractivity contribution in [3.8, 4) is 0 Å². The minimum Gasteiger partial charge on any atom is -0.387 e. The number of piperazine rings is 1. The largest absolute Gasteiger partial charge is 0.387 e. The molecular weight excluding hydrogens is 309 g/mol. The topological polar surface area (TPSA) is 52.7 Å². The van der Waals surface area contributed by atoms with E-state index in [0.29, 0.717) is 12.1 Å². The van der Waals surface area contributed by atoms with Gasteiger partial charge in [-0.05, 0) is 19.9 Å². The first-order valence-electron chi connectivity index (χ1n) is 8.33. The summed E-state index contributed by atoms with van der Waals surface area (Å²) in [7, 11) is 0. The van der Waals surface area contributed by atoms with Gasteiger partial charge in [0.1, 0.15) is 11.6 Å². The molecule has 2 aromatic rings. The Morgan fingerprint density at radius 2 is 1.83 bits per heavy atom. The Bertz CT molecular complexity index is 661. The van der Waals surface area contributed by atoms with Gasteiger partial charge in [-0.25, -0.2) is 4.39 Å². The van der Waals surface area contributed by atoms with Crippen molar-refractivity contribution in [2.24, 2.45) is 0 Å². The predicted molar refractivity (Wildman–Crippen MR) is 89.1 cm³/mol. The minimum absolute atomic E-state index is 0.345. The fraction of sp³-hybridized carbons (Fsp3) is 0.500. The molecule has 0 aliphatic carbocycles. The fourth-order valence-electron chi connectivity index (χ4n) is 3.17. The van der Waals surface area contributed by atoms with Crippen molar-refractivity contribution in [1.29, 1.82) is 0 Å². The lowest BCUT2D eigenvalue weighted by molar-refractivity contribution is 0.0683. The molecule has 1 fully saturated rings. The molecule has 0 radical (unpaired) electrons. The van der Waals surface area contributed by atoms with E-state index in [1.165, 1.54) is 6.07 Å². The summed E-state index contributed by atoms with van der Waals surface area (Å²) in [5.74, 6) is 0.534. The molecule has 1 aromatic carbocycles. The first-order valence-corrected chi connectivity index (χ1v) is 8.33. The maximum atomic E-state index is 13.7. The zero-order valence-corrected chi connectivity index (χ0v) is 14.2. The summed E-state index contributed by atoms with van der Waals surface area (Å²) in [5, 5.41) is 14.3. The Balaban J connectivity index is 1.51. The highest BCUT2D eigenvalue weighted by Gasteiger charge is 2.22. The number of benzene rings is 1. The van der Waals surface area contributed by atoms with Crippen LogP contribution >= 0.6 is 0 Å². The number of rotatable bonds is 5. The van der Waals surface area contributed by atoms with Crippen molar-refractivity contribution in [3.05, 3.63) is 52.7 Å². The van der Waals surface area contributed by atoms with E-state index in [1.54, 1.807) is 18.2 Å². The van der Waals surface area contributed by atoms with Gasteiger partial charge in [0, 0.05) is 50.4 Å². The van der Waals surface area contributed by atoms with Crippen molar-refractivity contribution in [3.63, 3.8) is 0 Å². The van der Waals surface area contributed by atoms with Crippen LogP contribution in [-0.2, 0) is 6.54 Å². The van der Waals surface area contributed by atoms with E-state index in [-0.39, 0.29) is 5.82 Å². The normalized spacial score (nSPS) is 18.0. The maximum absolute atomic E-state index is 13.7. The molecule has 0 saturated carbocycles. The molecule has 1 aromatic heterocycles. The highest BCUT2D eigenvalue weighted by atomic mass is 19.1. The smallest absolute Gasteiger partial charge is 0.138 e. The summed E-state index contributed by atoms with van der Waals surface area (Å²) in [6.45, 7) is 8.74. The van der Waals surface area contributed by atoms with Crippen LogP contribution in [0.25, 0.3) is 0 Å². The maximum Gasteiger partial charge on any atom is 0.138 e. The second-order valence-corrected chi connectivity index (χ2v) is 6.42. The van der Waals surface area contributed by atoms with Crippen LogP contribution in [0.15, 0.2) is 28.8 Å². The molecule has 0 bridgehead atoms. The average Bonchev–Trinajstić information content (AvgIpc) is 2.89. The number of aromatic nitrogens is 1. The second-order valence-electron chi connectivity index (χ2n) is 6.42. The molecule has 3 rings (SSSR count). The first kappa shape index (κ1) is 17.1. The molecule has 24 heavy (non-hydrogen) atoms. The summed E-state index contributed by atoms with van der Waals surface area (Å²) in [4.78, 5) is 4.54. The van der Waals surface area contributed by atoms with Crippen molar-refractivity contribution in [1.82, 2.24) is 15.0 Å². The zero-order valence-electron chi connectivity index (χ0n) is 14.2. The third kappa shape index (κ3) is 3.83. The summed E-state index contributed by atoms with van der Waals surface area (Å²) in [5.41, 5.74) is 2.48. The van der Waals surface area contributed by atoms with Crippen LogP contribution in [0.2, 0.25) is 0 Å². The molecule has 6 heteroatoms. The van der Waals surface area contributed by atoms with E-state index in [2.05, 4.69) is 15.0 Å². The van der Waals surface area contributed by atoms with Crippen LogP contribution in [0.4, 0.5) is 4.39 Å². The van der Waals surface area contributed by atoms with E-state index in [0.717, 1.165) is 49.7 Å². The predicted octanol–water partition coefficient (Wildman–Crippen LogP) is 2.28. The van der Waals surface area contributed by atoms with Gasteiger partial charge in [0.2, 0.25) is 0 Å². The van der Waals surface area contributed by atoms with Gasteiger partial charge in [0.05, 0.1) is 11.8 Å². The summed E-state index contributed by atoms with van der Waals surface area (Å²) >= 11 is 0. The van der Waals surface area contributed by atoms with Crippen molar-refractivity contribution < 1.29 is 14.0 Å². The average molecular weight is 333 g/mol. The summed E-state index contributed by atoms with van der Waals surface area (Å²) < 4.78 is 19.0. The molecule has 1 N–H and O–H groups in total. The monoisotopic (exact) mass is 333 g/mol. The molecule has 1 aliphatic rings. The molecule has 0 spiro atoms. The molecule has 5 nitrogen and oxygen atoms in total.